The molecule has 1 saturated heterocycles. The summed E-state index contributed by atoms with van der Waals surface area (Å²) in [6.07, 6.45) is 0.509. The summed E-state index contributed by atoms with van der Waals surface area (Å²) < 4.78 is 5.22. The molecule has 2 amide bonds. The summed E-state index contributed by atoms with van der Waals surface area (Å²) in [6.45, 7) is 4.80. The van der Waals surface area contributed by atoms with Crippen molar-refractivity contribution in [1.29, 1.82) is 0 Å². The van der Waals surface area contributed by atoms with Crippen LogP contribution in [0.5, 0.6) is 0 Å². The van der Waals surface area contributed by atoms with Gasteiger partial charge in [0.25, 0.3) is 5.56 Å². The number of H-pyrrole nitrogens is 1. The molecule has 1 aliphatic rings. The third-order valence-corrected chi connectivity index (χ3v) is 4.13. The fourth-order valence-electron chi connectivity index (χ4n) is 2.80. The maximum atomic E-state index is 12.2. The second kappa shape index (κ2) is 6.83. The van der Waals surface area contributed by atoms with E-state index in [0.717, 1.165) is 16.5 Å². The number of hydrogen-bond acceptors (Lipinski definition) is 3. The summed E-state index contributed by atoms with van der Waals surface area (Å²) in [4.78, 5) is 28.8. The van der Waals surface area contributed by atoms with Crippen molar-refractivity contribution in [2.45, 2.75) is 13.3 Å². The van der Waals surface area contributed by atoms with E-state index in [9.17, 15) is 9.59 Å². The van der Waals surface area contributed by atoms with Crippen LogP contribution in [0, 0.1) is 6.92 Å². The van der Waals surface area contributed by atoms with Crippen molar-refractivity contribution < 1.29 is 9.53 Å². The monoisotopic (exact) mass is 315 g/mol. The Morgan fingerprint density at radius 3 is 2.91 bits per heavy atom. The van der Waals surface area contributed by atoms with E-state index in [-0.39, 0.29) is 11.6 Å². The molecular weight excluding hydrogens is 294 g/mol. The van der Waals surface area contributed by atoms with Crippen LogP contribution in [0.1, 0.15) is 11.1 Å². The van der Waals surface area contributed by atoms with E-state index < -0.39 is 0 Å². The van der Waals surface area contributed by atoms with E-state index in [1.54, 1.807) is 4.90 Å². The van der Waals surface area contributed by atoms with Crippen LogP contribution < -0.4 is 10.9 Å². The van der Waals surface area contributed by atoms with Gasteiger partial charge in [-0.15, -0.1) is 0 Å². The van der Waals surface area contributed by atoms with Crippen molar-refractivity contribution in [3.8, 4) is 0 Å². The number of fused-ring (bicyclic) bond motifs is 1. The van der Waals surface area contributed by atoms with E-state index in [4.69, 9.17) is 4.74 Å². The molecular formula is C17H21N3O3. The summed E-state index contributed by atoms with van der Waals surface area (Å²) >= 11 is 0. The quantitative estimate of drug-likeness (QED) is 0.899. The van der Waals surface area contributed by atoms with E-state index in [2.05, 4.69) is 10.3 Å². The Kier molecular flexibility index (Phi) is 4.62. The fraction of sp³-hybridized carbons (Fsp3) is 0.412. The van der Waals surface area contributed by atoms with E-state index >= 15 is 0 Å². The molecule has 6 heteroatoms. The topological polar surface area (TPSA) is 74.4 Å². The van der Waals surface area contributed by atoms with Crippen molar-refractivity contribution >= 4 is 16.9 Å². The van der Waals surface area contributed by atoms with Gasteiger partial charge in [-0.2, -0.15) is 0 Å². The van der Waals surface area contributed by atoms with Crippen LogP contribution in [0.3, 0.4) is 0 Å². The molecule has 3 rings (SSSR count). The molecule has 1 aromatic heterocycles. The van der Waals surface area contributed by atoms with Crippen molar-refractivity contribution in [2.24, 2.45) is 0 Å². The number of hydrogen-bond donors (Lipinski definition) is 2. The predicted molar refractivity (Wildman–Crippen MR) is 88.8 cm³/mol. The highest BCUT2D eigenvalue weighted by atomic mass is 16.5. The van der Waals surface area contributed by atoms with Gasteiger partial charge in [0.1, 0.15) is 0 Å². The molecule has 0 aliphatic carbocycles. The molecule has 2 N–H and O–H groups in total. The highest BCUT2D eigenvalue weighted by molar-refractivity contribution is 5.82. The van der Waals surface area contributed by atoms with Gasteiger partial charge in [-0.05, 0) is 30.4 Å². The van der Waals surface area contributed by atoms with Crippen molar-refractivity contribution in [3.05, 3.63) is 45.7 Å². The summed E-state index contributed by atoms with van der Waals surface area (Å²) in [5, 5.41) is 3.88. The number of amides is 2. The number of urea groups is 1. The normalized spacial score (nSPS) is 14.9. The molecule has 0 unspecified atom stereocenters. The molecule has 0 bridgehead atoms. The minimum absolute atomic E-state index is 0.0904. The molecule has 0 atom stereocenters. The summed E-state index contributed by atoms with van der Waals surface area (Å²) in [5.74, 6) is 0. The summed E-state index contributed by atoms with van der Waals surface area (Å²) in [5.41, 5.74) is 2.52. The van der Waals surface area contributed by atoms with E-state index in [1.807, 2.05) is 31.2 Å². The van der Waals surface area contributed by atoms with E-state index in [1.165, 1.54) is 0 Å². The Morgan fingerprint density at radius 2 is 2.13 bits per heavy atom. The Hall–Kier alpha value is -2.34. The number of ether oxygens (including phenoxy) is 1. The van der Waals surface area contributed by atoms with Crippen LogP contribution in [0.2, 0.25) is 0 Å². The minimum atomic E-state index is -0.0960. The smallest absolute Gasteiger partial charge is 0.317 e. The van der Waals surface area contributed by atoms with Gasteiger partial charge in [-0.25, -0.2) is 4.79 Å². The van der Waals surface area contributed by atoms with Crippen molar-refractivity contribution in [2.75, 3.05) is 32.8 Å². The molecule has 6 nitrogen and oxygen atoms in total. The predicted octanol–water partition coefficient (Wildman–Crippen LogP) is 1.42. The van der Waals surface area contributed by atoms with E-state index in [0.29, 0.717) is 44.8 Å². The molecule has 1 fully saturated rings. The third kappa shape index (κ3) is 3.53. The van der Waals surface area contributed by atoms with Crippen LogP contribution in [-0.2, 0) is 11.2 Å². The largest absolute Gasteiger partial charge is 0.378 e. The number of para-hydroxylation sites is 1. The Labute approximate surface area is 134 Å². The first-order chi connectivity index (χ1) is 11.1. The standard InChI is InChI=1S/C17H21N3O3/c1-12-3-2-4-13-11-14(16(21)19-15(12)13)5-6-18-17(22)20-7-9-23-10-8-20/h2-4,11H,5-10H2,1H3,(H,18,22)(H,19,21). The maximum absolute atomic E-state index is 12.2. The first-order valence-corrected chi connectivity index (χ1v) is 7.87. The molecule has 122 valence electrons. The number of carbonyl (C=O) groups is 1. The Balaban J connectivity index is 1.64. The summed E-state index contributed by atoms with van der Waals surface area (Å²) in [6, 6.07) is 7.73. The number of carbonyl (C=O) groups excluding carboxylic acids is 1. The molecule has 2 heterocycles. The summed E-state index contributed by atoms with van der Waals surface area (Å²) in [7, 11) is 0. The van der Waals surface area contributed by atoms with Crippen molar-refractivity contribution in [3.63, 3.8) is 0 Å². The number of aryl methyl sites for hydroxylation is 1. The van der Waals surface area contributed by atoms with Gasteiger partial charge < -0.3 is 19.9 Å². The molecule has 2 aromatic rings. The number of benzene rings is 1. The SMILES string of the molecule is Cc1cccc2cc(CCNC(=O)N3CCOCC3)c(=O)[nH]c12. The molecule has 1 aliphatic heterocycles. The van der Waals surface area contributed by atoms with Gasteiger partial charge in [0.15, 0.2) is 0 Å². The zero-order valence-electron chi connectivity index (χ0n) is 13.2. The number of nitrogens with one attached hydrogen (secondary N) is 2. The Morgan fingerprint density at radius 1 is 1.35 bits per heavy atom. The third-order valence-electron chi connectivity index (χ3n) is 4.13. The first-order valence-electron chi connectivity index (χ1n) is 7.87. The Bertz CT molecular complexity index is 763. The lowest BCUT2D eigenvalue weighted by Crippen LogP contribution is -2.46. The lowest BCUT2D eigenvalue weighted by atomic mass is 10.1. The van der Waals surface area contributed by atoms with Crippen LogP contribution >= 0.6 is 0 Å². The highest BCUT2D eigenvalue weighted by Gasteiger charge is 2.16. The average Bonchev–Trinajstić information content (AvgIpc) is 2.57. The van der Waals surface area contributed by atoms with Gasteiger partial charge in [-0.1, -0.05) is 18.2 Å². The second-order valence-corrected chi connectivity index (χ2v) is 5.74. The van der Waals surface area contributed by atoms with Gasteiger partial charge in [0.05, 0.1) is 18.7 Å². The average molecular weight is 315 g/mol. The van der Waals surface area contributed by atoms with Gasteiger partial charge in [0, 0.05) is 25.2 Å². The second-order valence-electron chi connectivity index (χ2n) is 5.74. The van der Waals surface area contributed by atoms with Crippen LogP contribution in [0.15, 0.2) is 29.1 Å². The van der Waals surface area contributed by atoms with Crippen LogP contribution in [-0.4, -0.2) is 48.8 Å². The molecule has 1 aromatic carbocycles. The van der Waals surface area contributed by atoms with Crippen LogP contribution in [0.25, 0.3) is 10.9 Å². The number of nitrogens with zero attached hydrogens (tertiary/aromatic N) is 1. The zero-order valence-corrected chi connectivity index (χ0v) is 13.2. The zero-order chi connectivity index (χ0) is 16.2. The molecule has 23 heavy (non-hydrogen) atoms. The highest BCUT2D eigenvalue weighted by Crippen LogP contribution is 2.15. The maximum Gasteiger partial charge on any atom is 0.317 e. The van der Waals surface area contributed by atoms with Gasteiger partial charge in [-0.3, -0.25) is 4.79 Å². The van der Waals surface area contributed by atoms with Gasteiger partial charge in [0.2, 0.25) is 0 Å². The molecule has 0 saturated carbocycles. The fourth-order valence-corrected chi connectivity index (χ4v) is 2.80. The van der Waals surface area contributed by atoms with Crippen molar-refractivity contribution in [1.82, 2.24) is 15.2 Å². The lowest BCUT2D eigenvalue weighted by molar-refractivity contribution is 0.0533. The number of aromatic amines is 1. The minimum Gasteiger partial charge on any atom is -0.378 e. The molecule has 0 radical (unpaired) electrons. The molecule has 0 spiro atoms. The number of rotatable bonds is 3. The lowest BCUT2D eigenvalue weighted by Gasteiger charge is -2.26. The first kappa shape index (κ1) is 15.6. The number of morpholine rings is 1. The van der Waals surface area contributed by atoms with Gasteiger partial charge >= 0.3 is 6.03 Å². The number of aromatic nitrogens is 1. The van der Waals surface area contributed by atoms with Crippen LogP contribution in [0.4, 0.5) is 4.79 Å². The number of pyridine rings is 1.